The van der Waals surface area contributed by atoms with E-state index < -0.39 is 6.04 Å². The molecule has 1 atom stereocenters. The molecule has 5 rings (SSSR count). The Morgan fingerprint density at radius 2 is 1.89 bits per heavy atom. The molecule has 1 aliphatic rings. The van der Waals surface area contributed by atoms with Gasteiger partial charge in [-0.2, -0.15) is 5.10 Å². The number of hydrogen-bond acceptors (Lipinski definition) is 3. The third-order valence-electron chi connectivity index (χ3n) is 4.72. The number of thiophene rings is 1. The number of anilines is 1. The van der Waals surface area contributed by atoms with Crippen LogP contribution in [0.1, 0.15) is 27.7 Å². The second-order valence-corrected chi connectivity index (χ2v) is 7.25. The van der Waals surface area contributed by atoms with Crippen molar-refractivity contribution in [2.24, 2.45) is 0 Å². The van der Waals surface area contributed by atoms with E-state index in [-0.39, 0.29) is 11.7 Å². The number of rotatable bonds is 3. The average Bonchev–Trinajstić information content (AvgIpc) is 3.40. The summed E-state index contributed by atoms with van der Waals surface area (Å²) >= 11 is 1.57. The van der Waals surface area contributed by atoms with Crippen molar-refractivity contribution < 1.29 is 9.18 Å². The predicted molar refractivity (Wildman–Crippen MR) is 103 cm³/mol. The molecule has 1 N–H and O–H groups in total. The van der Waals surface area contributed by atoms with E-state index in [9.17, 15) is 9.18 Å². The molecule has 0 spiro atoms. The van der Waals surface area contributed by atoms with Gasteiger partial charge < -0.3 is 0 Å². The van der Waals surface area contributed by atoms with Crippen LogP contribution in [0, 0.1) is 5.82 Å². The summed E-state index contributed by atoms with van der Waals surface area (Å²) in [5, 5.41) is 9.30. The zero-order valence-corrected chi connectivity index (χ0v) is 14.9. The third-order valence-corrected chi connectivity index (χ3v) is 5.61. The number of carbonyl (C=O) groups excluding carboxylic acids is 1. The first-order valence-corrected chi connectivity index (χ1v) is 9.38. The van der Waals surface area contributed by atoms with Gasteiger partial charge in [-0.15, -0.1) is 11.3 Å². The Morgan fingerprint density at radius 3 is 2.63 bits per heavy atom. The molecule has 0 fully saturated rings. The summed E-state index contributed by atoms with van der Waals surface area (Å²) in [6.45, 7) is 0. The topological polar surface area (TPSA) is 49.0 Å². The van der Waals surface area contributed by atoms with E-state index in [1.807, 2.05) is 53.9 Å². The Morgan fingerprint density at radius 1 is 1.04 bits per heavy atom. The summed E-state index contributed by atoms with van der Waals surface area (Å²) in [6.07, 6.45) is 0. The van der Waals surface area contributed by atoms with Crippen molar-refractivity contribution >= 4 is 22.9 Å². The lowest BCUT2D eigenvalue weighted by atomic mass is 9.98. The summed E-state index contributed by atoms with van der Waals surface area (Å²) in [5.41, 5.74) is 3.45. The summed E-state index contributed by atoms with van der Waals surface area (Å²) in [4.78, 5) is 15.9. The Balaban J connectivity index is 1.75. The minimum atomic E-state index is -0.443. The smallest absolute Gasteiger partial charge is 0.280 e. The van der Waals surface area contributed by atoms with Crippen molar-refractivity contribution in [2.75, 3.05) is 4.90 Å². The molecule has 3 heterocycles. The van der Waals surface area contributed by atoms with Crippen molar-refractivity contribution in [1.29, 1.82) is 0 Å². The first-order chi connectivity index (χ1) is 13.2. The number of carbonyl (C=O) groups is 1. The number of halogens is 1. The largest absolute Gasteiger partial charge is 0.295 e. The number of para-hydroxylation sites is 1. The second kappa shape index (κ2) is 6.17. The lowest BCUT2D eigenvalue weighted by Gasteiger charge is -2.26. The molecule has 4 nitrogen and oxygen atoms in total. The van der Waals surface area contributed by atoms with Crippen molar-refractivity contribution in [2.45, 2.75) is 6.04 Å². The van der Waals surface area contributed by atoms with Crippen LogP contribution in [0.2, 0.25) is 0 Å². The molecule has 4 aromatic rings. The monoisotopic (exact) mass is 375 g/mol. The predicted octanol–water partition coefficient (Wildman–Crippen LogP) is 5.03. The van der Waals surface area contributed by atoms with Crippen molar-refractivity contribution in [3.05, 3.63) is 94.7 Å². The van der Waals surface area contributed by atoms with Gasteiger partial charge in [0.15, 0.2) is 5.69 Å². The number of nitrogens with one attached hydrogen (secondary N) is 1. The fraction of sp³-hybridized carbons (Fsp3) is 0.0476. The molecule has 0 saturated carbocycles. The van der Waals surface area contributed by atoms with E-state index in [0.29, 0.717) is 11.3 Å². The molecule has 27 heavy (non-hydrogen) atoms. The number of nitrogens with zero attached hydrogens (tertiary/aromatic N) is 2. The standard InChI is InChI=1S/C21H14FN3OS/c22-14-7-4-6-13(12-14)20-17-18(16-10-5-11-27-16)23-24-19(17)21(26)25(20)15-8-2-1-3-9-15/h1-12,20H,(H,23,24)/t20-/m1/s1. The second-order valence-electron chi connectivity index (χ2n) is 6.31. The van der Waals surface area contributed by atoms with Crippen LogP contribution in [0.5, 0.6) is 0 Å². The van der Waals surface area contributed by atoms with Gasteiger partial charge in [-0.1, -0.05) is 36.4 Å². The molecule has 0 aliphatic carbocycles. The number of hydrogen-bond donors (Lipinski definition) is 1. The molecule has 6 heteroatoms. The highest BCUT2D eigenvalue weighted by molar-refractivity contribution is 7.13. The van der Waals surface area contributed by atoms with Gasteiger partial charge in [0.2, 0.25) is 0 Å². The maximum Gasteiger partial charge on any atom is 0.280 e. The van der Waals surface area contributed by atoms with Gasteiger partial charge in [0, 0.05) is 11.3 Å². The van der Waals surface area contributed by atoms with Gasteiger partial charge in [-0.3, -0.25) is 14.8 Å². The number of H-pyrrole nitrogens is 1. The normalized spacial score (nSPS) is 16.0. The highest BCUT2D eigenvalue weighted by Gasteiger charge is 2.43. The van der Waals surface area contributed by atoms with E-state index >= 15 is 0 Å². The lowest BCUT2D eigenvalue weighted by Crippen LogP contribution is -2.29. The number of aromatic amines is 1. The van der Waals surface area contributed by atoms with Crippen LogP contribution in [-0.4, -0.2) is 16.1 Å². The van der Waals surface area contributed by atoms with E-state index in [2.05, 4.69) is 10.2 Å². The number of benzene rings is 2. The minimum Gasteiger partial charge on any atom is -0.295 e. The molecule has 0 bridgehead atoms. The maximum atomic E-state index is 14.0. The average molecular weight is 375 g/mol. The van der Waals surface area contributed by atoms with Crippen molar-refractivity contribution in [3.63, 3.8) is 0 Å². The van der Waals surface area contributed by atoms with E-state index in [1.54, 1.807) is 22.3 Å². The van der Waals surface area contributed by atoms with Gasteiger partial charge in [-0.05, 0) is 41.3 Å². The van der Waals surface area contributed by atoms with Gasteiger partial charge in [-0.25, -0.2) is 4.39 Å². The molecule has 0 radical (unpaired) electrons. The van der Waals surface area contributed by atoms with Gasteiger partial charge >= 0.3 is 0 Å². The zero-order chi connectivity index (χ0) is 18.4. The fourth-order valence-electron chi connectivity index (χ4n) is 3.60. The highest BCUT2D eigenvalue weighted by atomic mass is 32.1. The van der Waals surface area contributed by atoms with Crippen LogP contribution < -0.4 is 4.90 Å². The Labute approximate surface area is 158 Å². The summed E-state index contributed by atoms with van der Waals surface area (Å²) in [5.74, 6) is -0.521. The van der Waals surface area contributed by atoms with Crippen LogP contribution in [-0.2, 0) is 0 Å². The highest BCUT2D eigenvalue weighted by Crippen LogP contribution is 2.45. The third kappa shape index (κ3) is 2.49. The summed E-state index contributed by atoms with van der Waals surface area (Å²) < 4.78 is 14.0. The molecule has 1 amide bonds. The van der Waals surface area contributed by atoms with Crippen LogP contribution >= 0.6 is 11.3 Å². The fourth-order valence-corrected chi connectivity index (χ4v) is 4.33. The molecular weight excluding hydrogens is 361 g/mol. The molecular formula is C21H14FN3OS. The first-order valence-electron chi connectivity index (χ1n) is 8.50. The van der Waals surface area contributed by atoms with Gasteiger partial charge in [0.25, 0.3) is 5.91 Å². The molecule has 1 aliphatic heterocycles. The summed E-state index contributed by atoms with van der Waals surface area (Å²) in [7, 11) is 0. The Hall–Kier alpha value is -3.25. The number of fused-ring (bicyclic) bond motifs is 1. The SMILES string of the molecule is O=C1c2n[nH]c(-c3cccs3)c2[C@@H](c2cccc(F)c2)N1c1ccccc1. The molecule has 0 saturated heterocycles. The van der Waals surface area contributed by atoms with Crippen molar-refractivity contribution in [3.8, 4) is 10.6 Å². The Bertz CT molecular complexity index is 1120. The van der Waals surface area contributed by atoms with E-state index in [1.165, 1.54) is 12.1 Å². The summed E-state index contributed by atoms with van der Waals surface area (Å²) in [6, 6.07) is 19.3. The Kier molecular flexibility index (Phi) is 3.65. The van der Waals surface area contributed by atoms with Crippen molar-refractivity contribution in [1.82, 2.24) is 10.2 Å². The quantitative estimate of drug-likeness (QED) is 0.546. The molecule has 132 valence electrons. The molecule has 0 unspecified atom stereocenters. The van der Waals surface area contributed by atoms with Crippen LogP contribution in [0.4, 0.5) is 10.1 Å². The maximum absolute atomic E-state index is 14.0. The number of amides is 1. The van der Waals surface area contributed by atoms with Crippen LogP contribution in [0.25, 0.3) is 10.6 Å². The van der Waals surface area contributed by atoms with Crippen LogP contribution in [0.15, 0.2) is 72.1 Å². The first kappa shape index (κ1) is 16.0. The molecule has 2 aromatic heterocycles. The zero-order valence-electron chi connectivity index (χ0n) is 14.1. The lowest BCUT2D eigenvalue weighted by molar-refractivity contribution is 0.0988. The number of aromatic nitrogens is 2. The van der Waals surface area contributed by atoms with Crippen LogP contribution in [0.3, 0.4) is 0 Å². The van der Waals surface area contributed by atoms with E-state index in [0.717, 1.165) is 21.8 Å². The van der Waals surface area contributed by atoms with E-state index in [4.69, 9.17) is 0 Å². The minimum absolute atomic E-state index is 0.190. The van der Waals surface area contributed by atoms with Gasteiger partial charge in [0.1, 0.15) is 5.82 Å². The molecule has 2 aromatic carbocycles. The van der Waals surface area contributed by atoms with Gasteiger partial charge in [0.05, 0.1) is 16.6 Å².